The number of nitrogens with one attached hydrogen (secondary N) is 1. The minimum atomic E-state index is -0.234. The summed E-state index contributed by atoms with van der Waals surface area (Å²) in [5.74, 6) is 6.31. The fraction of sp³-hybridized carbons (Fsp3) is 0.250. The first-order chi connectivity index (χ1) is 17.6. The number of carbonyl (C=O) groups is 2. The fourth-order valence-corrected chi connectivity index (χ4v) is 4.68. The summed E-state index contributed by atoms with van der Waals surface area (Å²) in [6, 6.07) is 12.5. The van der Waals surface area contributed by atoms with Gasteiger partial charge in [-0.3, -0.25) is 19.0 Å². The molecule has 4 aromatic rings. The minimum Gasteiger partial charge on any atom is -0.322 e. The van der Waals surface area contributed by atoms with E-state index in [-0.39, 0.29) is 17.9 Å². The molecule has 1 aromatic carbocycles. The molecule has 8 nitrogen and oxygen atoms in total. The predicted molar refractivity (Wildman–Crippen MR) is 137 cm³/mol. The summed E-state index contributed by atoms with van der Waals surface area (Å²) >= 11 is 0. The van der Waals surface area contributed by atoms with Gasteiger partial charge in [0.2, 0.25) is 0 Å². The van der Waals surface area contributed by atoms with Crippen molar-refractivity contribution < 1.29 is 9.59 Å². The molecule has 0 saturated carbocycles. The average molecular weight is 479 g/mol. The largest absolute Gasteiger partial charge is 0.322 e. The highest BCUT2D eigenvalue weighted by atomic mass is 16.2. The Morgan fingerprint density at radius 1 is 1.06 bits per heavy atom. The number of nitrogens with zero attached hydrogens (tertiary/aromatic N) is 5. The molecule has 180 valence electrons. The van der Waals surface area contributed by atoms with Gasteiger partial charge in [-0.2, -0.15) is 0 Å². The summed E-state index contributed by atoms with van der Waals surface area (Å²) < 4.78 is 2.04. The van der Waals surface area contributed by atoms with E-state index in [1.165, 1.54) is 0 Å². The molecular formula is C28H26N6O2. The molecule has 1 saturated heterocycles. The topological polar surface area (TPSA) is 92.5 Å². The lowest BCUT2D eigenvalue weighted by atomic mass is 10.0. The van der Waals surface area contributed by atoms with Gasteiger partial charge in [-0.1, -0.05) is 24.1 Å². The van der Waals surface area contributed by atoms with E-state index >= 15 is 0 Å². The molecule has 1 N–H and O–H groups in total. The van der Waals surface area contributed by atoms with E-state index in [1.54, 1.807) is 43.6 Å². The number of hydrogen-bond donors (Lipinski definition) is 1. The number of imidazole rings is 1. The van der Waals surface area contributed by atoms with E-state index in [1.807, 2.05) is 40.6 Å². The van der Waals surface area contributed by atoms with Crippen LogP contribution in [0.25, 0.3) is 16.8 Å². The van der Waals surface area contributed by atoms with Crippen molar-refractivity contribution in [3.05, 3.63) is 78.1 Å². The number of amides is 2. The van der Waals surface area contributed by atoms with Crippen LogP contribution in [-0.4, -0.2) is 42.6 Å². The normalized spacial score (nSPS) is 15.3. The van der Waals surface area contributed by atoms with Crippen molar-refractivity contribution in [3.63, 3.8) is 0 Å². The number of aromatic nitrogens is 4. The van der Waals surface area contributed by atoms with Gasteiger partial charge in [0.05, 0.1) is 22.9 Å². The molecule has 1 unspecified atom stereocenters. The quantitative estimate of drug-likeness (QED) is 0.438. The van der Waals surface area contributed by atoms with Gasteiger partial charge in [0.1, 0.15) is 11.6 Å². The van der Waals surface area contributed by atoms with Crippen LogP contribution < -0.4 is 5.32 Å². The highest BCUT2D eigenvalue weighted by Gasteiger charge is 2.31. The van der Waals surface area contributed by atoms with Gasteiger partial charge in [-0.15, -0.1) is 0 Å². The smallest absolute Gasteiger partial charge is 0.299 e. The van der Waals surface area contributed by atoms with E-state index in [4.69, 9.17) is 4.98 Å². The van der Waals surface area contributed by atoms with Crippen molar-refractivity contribution in [2.45, 2.75) is 39.2 Å². The van der Waals surface area contributed by atoms with Crippen LogP contribution in [0.4, 0.5) is 5.82 Å². The first kappa shape index (κ1) is 23.2. The lowest BCUT2D eigenvalue weighted by Gasteiger charge is -2.33. The number of likely N-dealkylation sites (tertiary alicyclic amines) is 1. The van der Waals surface area contributed by atoms with Crippen molar-refractivity contribution in [1.82, 2.24) is 24.3 Å². The number of aryl methyl sites for hydroxylation is 1. The number of fused-ring (bicyclic) bond motifs is 1. The lowest BCUT2D eigenvalue weighted by molar-refractivity contribution is -0.129. The summed E-state index contributed by atoms with van der Waals surface area (Å²) in [5.41, 5.74) is 3.88. The number of benzene rings is 1. The molecule has 3 aromatic heterocycles. The first-order valence-electron chi connectivity index (χ1n) is 12.0. The Labute approximate surface area is 209 Å². The molecule has 4 heterocycles. The second kappa shape index (κ2) is 10.0. The van der Waals surface area contributed by atoms with Crippen LogP contribution in [0, 0.1) is 18.8 Å². The Hall–Kier alpha value is -4.51. The summed E-state index contributed by atoms with van der Waals surface area (Å²) in [6.07, 6.45) is 8.07. The first-order valence-corrected chi connectivity index (χ1v) is 12.0. The third-order valence-corrected chi connectivity index (χ3v) is 6.39. The Balaban J connectivity index is 1.52. The van der Waals surface area contributed by atoms with Gasteiger partial charge in [-0.25, -0.2) is 9.97 Å². The summed E-state index contributed by atoms with van der Waals surface area (Å²) in [5, 5.41) is 2.80. The highest BCUT2D eigenvalue weighted by molar-refractivity contribution is 6.04. The third kappa shape index (κ3) is 4.43. The maximum atomic E-state index is 12.8. The van der Waals surface area contributed by atoms with Gasteiger partial charge in [-0.05, 0) is 63.3 Å². The van der Waals surface area contributed by atoms with Gasteiger partial charge in [0.15, 0.2) is 0 Å². The van der Waals surface area contributed by atoms with Crippen molar-refractivity contribution in [2.24, 2.45) is 0 Å². The Kier molecular flexibility index (Phi) is 6.46. The SMILES string of the molecule is CC#CC(=O)N1CCCCC1c1nc(-c2ccc(C(=O)Nc3ccccn3)cc2)c2c(C)nccn12. The fourth-order valence-electron chi connectivity index (χ4n) is 4.68. The minimum absolute atomic E-state index is 0.168. The Morgan fingerprint density at radius 3 is 2.64 bits per heavy atom. The van der Waals surface area contributed by atoms with Gasteiger partial charge in [0.25, 0.3) is 11.8 Å². The molecule has 8 heteroatoms. The van der Waals surface area contributed by atoms with Crippen LogP contribution in [-0.2, 0) is 4.79 Å². The predicted octanol–water partition coefficient (Wildman–Crippen LogP) is 4.43. The number of rotatable bonds is 4. The third-order valence-electron chi connectivity index (χ3n) is 6.39. The second-order valence-corrected chi connectivity index (χ2v) is 8.68. The molecule has 2 amide bonds. The van der Waals surface area contributed by atoms with E-state index in [0.29, 0.717) is 17.9 Å². The highest BCUT2D eigenvalue weighted by Crippen LogP contribution is 2.35. The molecule has 0 aliphatic carbocycles. The Morgan fingerprint density at radius 2 is 1.89 bits per heavy atom. The van der Waals surface area contributed by atoms with Gasteiger partial charge < -0.3 is 10.2 Å². The summed E-state index contributed by atoms with van der Waals surface area (Å²) in [4.78, 5) is 40.9. The molecule has 1 atom stereocenters. The van der Waals surface area contributed by atoms with Crippen molar-refractivity contribution in [2.75, 3.05) is 11.9 Å². The molecule has 0 radical (unpaired) electrons. The number of piperidine rings is 1. The van der Waals surface area contributed by atoms with Crippen LogP contribution in [0.1, 0.15) is 54.1 Å². The average Bonchev–Trinajstić information content (AvgIpc) is 3.30. The number of pyridine rings is 1. The molecule has 0 bridgehead atoms. The zero-order chi connectivity index (χ0) is 25.1. The van der Waals surface area contributed by atoms with E-state index in [9.17, 15) is 9.59 Å². The molecule has 0 spiro atoms. The van der Waals surface area contributed by atoms with Gasteiger partial charge >= 0.3 is 0 Å². The van der Waals surface area contributed by atoms with Gasteiger partial charge in [0, 0.05) is 36.3 Å². The van der Waals surface area contributed by atoms with Crippen LogP contribution in [0.5, 0.6) is 0 Å². The molecule has 36 heavy (non-hydrogen) atoms. The van der Waals surface area contributed by atoms with E-state index < -0.39 is 0 Å². The summed E-state index contributed by atoms with van der Waals surface area (Å²) in [7, 11) is 0. The van der Waals surface area contributed by atoms with Crippen molar-refractivity contribution in [1.29, 1.82) is 0 Å². The monoisotopic (exact) mass is 478 g/mol. The Bertz CT molecular complexity index is 1480. The number of hydrogen-bond acceptors (Lipinski definition) is 5. The van der Waals surface area contributed by atoms with Crippen LogP contribution in [0.3, 0.4) is 0 Å². The maximum absolute atomic E-state index is 12.8. The molecule has 1 fully saturated rings. The van der Waals surface area contributed by atoms with Crippen molar-refractivity contribution >= 4 is 23.1 Å². The van der Waals surface area contributed by atoms with E-state index in [2.05, 4.69) is 27.1 Å². The lowest BCUT2D eigenvalue weighted by Crippen LogP contribution is -2.38. The standard InChI is InChI=1S/C28H26N6O2/c1-3-8-24(35)33-17-7-5-9-22(33)27-32-25(26-19(2)29-16-18-34(26)27)20-11-13-21(14-12-20)28(36)31-23-10-4-6-15-30-23/h4,6,10-16,18,22H,5,7,9,17H2,1-2H3,(H,30,31,36). The van der Waals surface area contributed by atoms with E-state index in [0.717, 1.165) is 47.6 Å². The van der Waals surface area contributed by atoms with Crippen LogP contribution in [0.2, 0.25) is 0 Å². The number of carbonyl (C=O) groups excluding carboxylic acids is 2. The molecule has 1 aliphatic rings. The zero-order valence-corrected chi connectivity index (χ0v) is 20.2. The van der Waals surface area contributed by atoms with Crippen LogP contribution >= 0.6 is 0 Å². The zero-order valence-electron chi connectivity index (χ0n) is 20.2. The summed E-state index contributed by atoms with van der Waals surface area (Å²) in [6.45, 7) is 4.28. The van der Waals surface area contributed by atoms with Crippen LogP contribution in [0.15, 0.2) is 61.1 Å². The van der Waals surface area contributed by atoms with Crippen molar-refractivity contribution in [3.8, 4) is 23.1 Å². The molecular weight excluding hydrogens is 452 g/mol. The second-order valence-electron chi connectivity index (χ2n) is 8.68. The molecule has 5 rings (SSSR count). The maximum Gasteiger partial charge on any atom is 0.299 e. The number of anilines is 1. The molecule has 1 aliphatic heterocycles.